The normalized spacial score (nSPS) is 40.6. The van der Waals surface area contributed by atoms with E-state index < -0.39 is 0 Å². The first-order chi connectivity index (χ1) is 8.72. The molecule has 0 spiro atoms. The first-order valence-corrected chi connectivity index (χ1v) is 7.39. The Morgan fingerprint density at radius 3 is 2.17 bits per heavy atom. The summed E-state index contributed by atoms with van der Waals surface area (Å²) in [4.78, 5) is 14.1. The van der Waals surface area contributed by atoms with Crippen LogP contribution in [-0.4, -0.2) is 23.4 Å². The smallest absolute Gasteiger partial charge is 0.237 e. The number of carbonyl (C=O) groups is 1. The molecule has 4 rings (SSSR count). The van der Waals surface area contributed by atoms with E-state index in [2.05, 4.69) is 6.92 Å². The molecule has 0 saturated heterocycles. The second-order valence-corrected chi connectivity index (χ2v) is 6.44. The van der Waals surface area contributed by atoms with Crippen LogP contribution < -0.4 is 0 Å². The molecule has 0 unspecified atom stereocenters. The fourth-order valence-electron chi connectivity index (χ4n) is 5.13. The summed E-state index contributed by atoms with van der Waals surface area (Å²) in [6.07, 6.45) is 6.80. The van der Waals surface area contributed by atoms with Crippen LogP contribution in [0.25, 0.3) is 0 Å². The summed E-state index contributed by atoms with van der Waals surface area (Å²) in [5, 5.41) is 8.73. The van der Waals surface area contributed by atoms with Crippen LogP contribution in [0.4, 0.5) is 0 Å². The maximum atomic E-state index is 12.1. The Hall–Kier alpha value is -1.04. The summed E-state index contributed by atoms with van der Waals surface area (Å²) < 4.78 is 0. The molecule has 4 saturated carbocycles. The van der Waals surface area contributed by atoms with Gasteiger partial charge in [0, 0.05) is 12.6 Å². The largest absolute Gasteiger partial charge is 0.339 e. The van der Waals surface area contributed by atoms with Gasteiger partial charge in [0.15, 0.2) is 0 Å². The van der Waals surface area contributed by atoms with Gasteiger partial charge in [0.25, 0.3) is 0 Å². The molecule has 0 atom stereocenters. The van der Waals surface area contributed by atoms with Crippen LogP contribution in [0, 0.1) is 35.0 Å². The minimum atomic E-state index is 0.0522. The Kier molecular flexibility index (Phi) is 3.05. The number of amides is 1. The monoisotopic (exact) mass is 246 g/mol. The summed E-state index contributed by atoms with van der Waals surface area (Å²) in [5.74, 6) is 3.38. The van der Waals surface area contributed by atoms with Gasteiger partial charge >= 0.3 is 0 Å². The third-order valence-corrected chi connectivity index (χ3v) is 5.43. The van der Waals surface area contributed by atoms with Gasteiger partial charge in [0.2, 0.25) is 5.91 Å². The molecular weight excluding hydrogens is 224 g/mol. The van der Waals surface area contributed by atoms with Gasteiger partial charge in [0.1, 0.15) is 6.42 Å². The van der Waals surface area contributed by atoms with Crippen molar-refractivity contribution in [2.24, 2.45) is 23.7 Å². The molecule has 18 heavy (non-hydrogen) atoms. The van der Waals surface area contributed by atoms with Crippen LogP contribution in [0.15, 0.2) is 0 Å². The van der Waals surface area contributed by atoms with Gasteiger partial charge in [-0.3, -0.25) is 4.79 Å². The summed E-state index contributed by atoms with van der Waals surface area (Å²) in [7, 11) is 0. The van der Waals surface area contributed by atoms with Crippen molar-refractivity contribution in [3.8, 4) is 6.07 Å². The quantitative estimate of drug-likeness (QED) is 0.768. The Labute approximate surface area is 109 Å². The Balaban J connectivity index is 1.79. The Morgan fingerprint density at radius 2 is 1.72 bits per heavy atom. The predicted molar refractivity (Wildman–Crippen MR) is 68.5 cm³/mol. The van der Waals surface area contributed by atoms with Crippen molar-refractivity contribution in [3.63, 3.8) is 0 Å². The molecule has 3 heteroatoms. The molecule has 98 valence electrons. The Morgan fingerprint density at radius 1 is 1.17 bits per heavy atom. The van der Waals surface area contributed by atoms with Crippen molar-refractivity contribution in [1.29, 1.82) is 5.26 Å². The van der Waals surface area contributed by atoms with E-state index in [1.165, 1.54) is 32.1 Å². The van der Waals surface area contributed by atoms with Crippen LogP contribution in [0.2, 0.25) is 0 Å². The van der Waals surface area contributed by atoms with E-state index in [0.717, 1.165) is 30.2 Å². The molecule has 0 aliphatic heterocycles. The van der Waals surface area contributed by atoms with Crippen LogP contribution in [-0.2, 0) is 4.79 Å². The van der Waals surface area contributed by atoms with Gasteiger partial charge < -0.3 is 4.90 Å². The molecule has 0 aromatic heterocycles. The molecular formula is C15H22N2O. The number of carbonyl (C=O) groups excluding carboxylic acids is 1. The highest BCUT2D eigenvalue weighted by atomic mass is 16.2. The van der Waals surface area contributed by atoms with Crippen LogP contribution in [0.3, 0.4) is 0 Å². The van der Waals surface area contributed by atoms with Crippen LogP contribution in [0.1, 0.15) is 45.4 Å². The molecule has 0 aromatic carbocycles. The molecule has 0 heterocycles. The van der Waals surface area contributed by atoms with Crippen molar-refractivity contribution < 1.29 is 4.79 Å². The van der Waals surface area contributed by atoms with Gasteiger partial charge in [-0.2, -0.15) is 5.26 Å². The van der Waals surface area contributed by atoms with Crippen molar-refractivity contribution in [2.45, 2.75) is 51.5 Å². The van der Waals surface area contributed by atoms with E-state index in [1.807, 2.05) is 11.0 Å². The fraction of sp³-hybridized carbons (Fsp3) is 0.867. The van der Waals surface area contributed by atoms with E-state index in [-0.39, 0.29) is 12.3 Å². The fourth-order valence-corrected chi connectivity index (χ4v) is 5.13. The lowest BCUT2D eigenvalue weighted by Gasteiger charge is -2.57. The van der Waals surface area contributed by atoms with E-state index in [1.54, 1.807) is 0 Å². The van der Waals surface area contributed by atoms with Gasteiger partial charge in [-0.15, -0.1) is 0 Å². The van der Waals surface area contributed by atoms with Gasteiger partial charge in [0.05, 0.1) is 6.07 Å². The van der Waals surface area contributed by atoms with E-state index in [4.69, 9.17) is 5.26 Å². The van der Waals surface area contributed by atoms with Crippen molar-refractivity contribution in [3.05, 3.63) is 0 Å². The van der Waals surface area contributed by atoms with Gasteiger partial charge in [-0.05, 0) is 62.7 Å². The predicted octanol–water partition coefficient (Wildman–Crippen LogP) is 2.57. The maximum Gasteiger partial charge on any atom is 0.237 e. The van der Waals surface area contributed by atoms with Crippen molar-refractivity contribution in [1.82, 2.24) is 4.90 Å². The first kappa shape index (κ1) is 12.0. The van der Waals surface area contributed by atoms with E-state index in [0.29, 0.717) is 6.04 Å². The van der Waals surface area contributed by atoms with Crippen LogP contribution in [0.5, 0.6) is 0 Å². The molecule has 1 amide bonds. The number of rotatable bonds is 3. The average Bonchev–Trinajstić information content (AvgIpc) is 2.33. The van der Waals surface area contributed by atoms with Crippen molar-refractivity contribution >= 4 is 5.91 Å². The molecule has 4 aliphatic rings. The number of hydrogen-bond acceptors (Lipinski definition) is 2. The topological polar surface area (TPSA) is 44.1 Å². The SMILES string of the molecule is CCN(C(=O)CC#N)C1C2CC3CC(C2)CC1C3. The number of nitriles is 1. The summed E-state index contributed by atoms with van der Waals surface area (Å²) in [6, 6.07) is 2.46. The minimum Gasteiger partial charge on any atom is -0.339 e. The summed E-state index contributed by atoms with van der Waals surface area (Å²) in [5.41, 5.74) is 0. The van der Waals surface area contributed by atoms with Crippen LogP contribution >= 0.6 is 0 Å². The zero-order chi connectivity index (χ0) is 12.7. The van der Waals surface area contributed by atoms with Gasteiger partial charge in [-0.25, -0.2) is 0 Å². The highest BCUT2D eigenvalue weighted by Gasteiger charge is 2.50. The lowest BCUT2D eigenvalue weighted by molar-refractivity contribution is -0.142. The molecule has 4 aliphatic carbocycles. The molecule has 4 bridgehead atoms. The summed E-state index contributed by atoms with van der Waals surface area (Å²) in [6.45, 7) is 2.83. The third kappa shape index (κ3) is 1.83. The highest BCUT2D eigenvalue weighted by molar-refractivity contribution is 5.78. The molecule has 3 nitrogen and oxygen atoms in total. The first-order valence-electron chi connectivity index (χ1n) is 7.39. The van der Waals surface area contributed by atoms with E-state index >= 15 is 0 Å². The zero-order valence-corrected chi connectivity index (χ0v) is 11.1. The standard InChI is InChI=1S/C15H22N2O/c1-2-17(14(18)3-4-16)15-12-6-10-5-11(8-12)9-13(15)7-10/h10-13,15H,2-3,5-9H2,1H3. The van der Waals surface area contributed by atoms with Crippen molar-refractivity contribution in [2.75, 3.05) is 6.54 Å². The molecule has 4 fully saturated rings. The second kappa shape index (κ2) is 4.57. The molecule has 0 aromatic rings. The average molecular weight is 246 g/mol. The number of hydrogen-bond donors (Lipinski definition) is 0. The minimum absolute atomic E-state index is 0.0522. The number of nitrogens with zero attached hydrogens (tertiary/aromatic N) is 2. The van der Waals surface area contributed by atoms with Gasteiger partial charge in [-0.1, -0.05) is 0 Å². The zero-order valence-electron chi connectivity index (χ0n) is 11.1. The van der Waals surface area contributed by atoms with E-state index in [9.17, 15) is 4.79 Å². The Bertz CT molecular complexity index is 356. The lowest BCUT2D eigenvalue weighted by atomic mass is 9.54. The summed E-state index contributed by atoms with van der Waals surface area (Å²) >= 11 is 0. The molecule has 0 radical (unpaired) electrons. The lowest BCUT2D eigenvalue weighted by Crippen LogP contribution is -2.57. The molecule has 0 N–H and O–H groups in total. The maximum absolute atomic E-state index is 12.1. The highest BCUT2D eigenvalue weighted by Crippen LogP contribution is 2.55. The third-order valence-electron chi connectivity index (χ3n) is 5.43. The second-order valence-electron chi connectivity index (χ2n) is 6.44.